The van der Waals surface area contributed by atoms with Crippen LogP contribution in [-0.2, 0) is 16.6 Å². The molecule has 2 saturated heterocycles. The maximum absolute atomic E-state index is 12.9. The fourth-order valence-corrected chi connectivity index (χ4v) is 3.78. The molecule has 1 aromatic heterocycles. The highest BCUT2D eigenvalue weighted by atomic mass is 16.5. The number of nitrogens with zero attached hydrogens (tertiary/aromatic N) is 4. The van der Waals surface area contributed by atoms with E-state index in [2.05, 4.69) is 4.98 Å². The lowest BCUT2D eigenvalue weighted by Crippen LogP contribution is -2.40. The van der Waals surface area contributed by atoms with Crippen molar-refractivity contribution in [3.8, 4) is 0 Å². The fraction of sp³-hybridized carbons (Fsp3) is 0.526. The summed E-state index contributed by atoms with van der Waals surface area (Å²) in [4.78, 5) is 33.6. The standard InChI is InChI=1S/C19H24N4O3/c1-21-13-20-16-11-14(3-4-17(16)21)18(24)22-6-2-7-23(9-8-22)19(25)15-5-10-26-12-15/h3-4,11,13,15H,2,5-10,12H2,1H3. The van der Waals surface area contributed by atoms with Crippen LogP contribution in [0.15, 0.2) is 24.5 Å². The molecular formula is C19H24N4O3. The summed E-state index contributed by atoms with van der Waals surface area (Å²) in [6.45, 7) is 3.74. The van der Waals surface area contributed by atoms with E-state index in [0.717, 1.165) is 23.9 Å². The molecule has 3 heterocycles. The van der Waals surface area contributed by atoms with E-state index >= 15 is 0 Å². The molecular weight excluding hydrogens is 332 g/mol. The molecule has 2 aromatic rings. The topological polar surface area (TPSA) is 67.7 Å². The van der Waals surface area contributed by atoms with Crippen LogP contribution in [-0.4, -0.2) is 70.6 Å². The highest BCUT2D eigenvalue weighted by molar-refractivity contribution is 5.97. The van der Waals surface area contributed by atoms with E-state index in [4.69, 9.17) is 4.74 Å². The maximum atomic E-state index is 12.9. The van der Waals surface area contributed by atoms with E-state index in [-0.39, 0.29) is 17.7 Å². The van der Waals surface area contributed by atoms with Crippen molar-refractivity contribution in [2.75, 3.05) is 39.4 Å². The zero-order valence-electron chi connectivity index (χ0n) is 15.1. The van der Waals surface area contributed by atoms with E-state index in [0.29, 0.717) is 45.0 Å². The number of rotatable bonds is 2. The van der Waals surface area contributed by atoms with E-state index in [1.54, 1.807) is 6.33 Å². The van der Waals surface area contributed by atoms with Gasteiger partial charge in [-0.15, -0.1) is 0 Å². The molecule has 0 spiro atoms. The first-order valence-corrected chi connectivity index (χ1v) is 9.20. The molecule has 1 atom stereocenters. The maximum Gasteiger partial charge on any atom is 0.253 e. The second-order valence-corrected chi connectivity index (χ2v) is 7.09. The van der Waals surface area contributed by atoms with Gasteiger partial charge in [0.25, 0.3) is 5.91 Å². The molecule has 0 radical (unpaired) electrons. The number of fused-ring (bicyclic) bond motifs is 1. The van der Waals surface area contributed by atoms with Gasteiger partial charge in [-0.1, -0.05) is 0 Å². The van der Waals surface area contributed by atoms with Crippen LogP contribution in [0.25, 0.3) is 11.0 Å². The van der Waals surface area contributed by atoms with Crippen molar-refractivity contribution < 1.29 is 14.3 Å². The number of aryl methyl sites for hydroxylation is 1. The molecule has 138 valence electrons. The van der Waals surface area contributed by atoms with Crippen molar-refractivity contribution in [1.29, 1.82) is 0 Å². The smallest absolute Gasteiger partial charge is 0.253 e. The first-order valence-electron chi connectivity index (χ1n) is 9.20. The molecule has 0 aliphatic carbocycles. The first-order chi connectivity index (χ1) is 12.6. The van der Waals surface area contributed by atoms with Gasteiger partial charge in [0.2, 0.25) is 5.91 Å². The van der Waals surface area contributed by atoms with Crippen LogP contribution >= 0.6 is 0 Å². The zero-order chi connectivity index (χ0) is 18.1. The Bertz CT molecular complexity index is 825. The van der Waals surface area contributed by atoms with Gasteiger partial charge in [0.15, 0.2) is 0 Å². The lowest BCUT2D eigenvalue weighted by Gasteiger charge is -2.24. The van der Waals surface area contributed by atoms with Crippen LogP contribution in [0.3, 0.4) is 0 Å². The van der Waals surface area contributed by atoms with Crippen molar-refractivity contribution in [1.82, 2.24) is 19.4 Å². The molecule has 0 saturated carbocycles. The van der Waals surface area contributed by atoms with Crippen LogP contribution in [0.4, 0.5) is 0 Å². The minimum absolute atomic E-state index is 0.0102. The van der Waals surface area contributed by atoms with Gasteiger partial charge in [-0.2, -0.15) is 0 Å². The third-order valence-electron chi connectivity index (χ3n) is 5.35. The number of hydrogen-bond donors (Lipinski definition) is 0. The molecule has 2 aliphatic heterocycles. The van der Waals surface area contributed by atoms with Gasteiger partial charge in [-0.3, -0.25) is 9.59 Å². The number of ether oxygens (including phenoxy) is 1. The average Bonchev–Trinajstić information content (AvgIpc) is 3.25. The van der Waals surface area contributed by atoms with Crippen molar-refractivity contribution in [3.05, 3.63) is 30.1 Å². The minimum atomic E-state index is -0.0104. The number of amides is 2. The lowest BCUT2D eigenvalue weighted by molar-refractivity contribution is -0.135. The molecule has 2 aliphatic rings. The lowest BCUT2D eigenvalue weighted by atomic mass is 10.1. The Morgan fingerprint density at radius 1 is 1.15 bits per heavy atom. The molecule has 1 unspecified atom stereocenters. The second kappa shape index (κ2) is 7.07. The summed E-state index contributed by atoms with van der Waals surface area (Å²) in [5, 5.41) is 0. The summed E-state index contributed by atoms with van der Waals surface area (Å²) in [7, 11) is 1.94. The van der Waals surface area contributed by atoms with Gasteiger partial charge in [-0.05, 0) is 31.0 Å². The van der Waals surface area contributed by atoms with Crippen molar-refractivity contribution in [2.45, 2.75) is 12.8 Å². The minimum Gasteiger partial charge on any atom is -0.381 e. The number of benzene rings is 1. The molecule has 0 bridgehead atoms. The van der Waals surface area contributed by atoms with Gasteiger partial charge >= 0.3 is 0 Å². The molecule has 0 N–H and O–H groups in total. The average molecular weight is 356 g/mol. The van der Waals surface area contributed by atoms with Crippen LogP contribution < -0.4 is 0 Å². The van der Waals surface area contributed by atoms with Gasteiger partial charge in [-0.25, -0.2) is 4.98 Å². The van der Waals surface area contributed by atoms with Crippen LogP contribution in [0, 0.1) is 5.92 Å². The Morgan fingerprint density at radius 2 is 1.96 bits per heavy atom. The summed E-state index contributed by atoms with van der Waals surface area (Å²) < 4.78 is 7.27. The third-order valence-corrected chi connectivity index (χ3v) is 5.35. The quantitative estimate of drug-likeness (QED) is 0.813. The van der Waals surface area contributed by atoms with E-state index in [1.165, 1.54) is 0 Å². The number of carbonyl (C=O) groups is 2. The van der Waals surface area contributed by atoms with E-state index < -0.39 is 0 Å². The summed E-state index contributed by atoms with van der Waals surface area (Å²) >= 11 is 0. The van der Waals surface area contributed by atoms with Gasteiger partial charge in [0.05, 0.1) is 29.9 Å². The van der Waals surface area contributed by atoms with Crippen molar-refractivity contribution >= 4 is 22.8 Å². The number of aromatic nitrogens is 2. The van der Waals surface area contributed by atoms with Crippen molar-refractivity contribution in [3.63, 3.8) is 0 Å². The first kappa shape index (κ1) is 17.0. The largest absolute Gasteiger partial charge is 0.381 e. The van der Waals surface area contributed by atoms with E-state index in [9.17, 15) is 9.59 Å². The van der Waals surface area contributed by atoms with Gasteiger partial charge in [0, 0.05) is 45.4 Å². The number of imidazole rings is 1. The molecule has 4 rings (SSSR count). The Hall–Kier alpha value is -2.41. The number of hydrogen-bond acceptors (Lipinski definition) is 4. The highest BCUT2D eigenvalue weighted by Gasteiger charge is 2.30. The summed E-state index contributed by atoms with van der Waals surface area (Å²) in [5.74, 6) is 0.173. The zero-order valence-corrected chi connectivity index (χ0v) is 15.1. The molecule has 7 heteroatoms. The summed E-state index contributed by atoms with van der Waals surface area (Å²) in [6, 6.07) is 5.64. The normalized spacial score (nSPS) is 21.2. The Kier molecular flexibility index (Phi) is 4.63. The van der Waals surface area contributed by atoms with Crippen LogP contribution in [0.5, 0.6) is 0 Å². The van der Waals surface area contributed by atoms with Crippen molar-refractivity contribution in [2.24, 2.45) is 13.0 Å². The molecule has 7 nitrogen and oxygen atoms in total. The second-order valence-electron chi connectivity index (χ2n) is 7.09. The summed E-state index contributed by atoms with van der Waals surface area (Å²) in [6.07, 6.45) is 3.36. The SMILES string of the molecule is Cn1cnc2cc(C(=O)N3CCCN(C(=O)C4CCOC4)CC3)ccc21. The predicted molar refractivity (Wildman–Crippen MR) is 96.7 cm³/mol. The Morgan fingerprint density at radius 3 is 2.77 bits per heavy atom. The molecule has 2 fully saturated rings. The Balaban J connectivity index is 1.44. The van der Waals surface area contributed by atoms with Gasteiger partial charge < -0.3 is 19.1 Å². The predicted octanol–water partition coefficient (Wildman–Crippen LogP) is 1.28. The summed E-state index contributed by atoms with van der Waals surface area (Å²) in [5.41, 5.74) is 2.49. The van der Waals surface area contributed by atoms with Gasteiger partial charge in [0.1, 0.15) is 0 Å². The monoisotopic (exact) mass is 356 g/mol. The van der Waals surface area contributed by atoms with Crippen LogP contribution in [0.2, 0.25) is 0 Å². The Labute approximate surface area is 152 Å². The number of carbonyl (C=O) groups excluding carboxylic acids is 2. The molecule has 2 amide bonds. The highest BCUT2D eigenvalue weighted by Crippen LogP contribution is 2.19. The van der Waals surface area contributed by atoms with Crippen LogP contribution in [0.1, 0.15) is 23.2 Å². The molecule has 26 heavy (non-hydrogen) atoms. The fourth-order valence-electron chi connectivity index (χ4n) is 3.78. The third kappa shape index (κ3) is 3.19. The molecule has 1 aromatic carbocycles. The van der Waals surface area contributed by atoms with E-state index in [1.807, 2.05) is 39.6 Å².